The molecule has 2 aliphatic heterocycles. The molecule has 5 rings (SSSR count). The topological polar surface area (TPSA) is 65.8 Å². The quantitative estimate of drug-likeness (QED) is 0.638. The van der Waals surface area contributed by atoms with E-state index in [1.54, 1.807) is 6.20 Å². The van der Waals surface area contributed by atoms with Crippen LogP contribution in [0.15, 0.2) is 36.7 Å². The van der Waals surface area contributed by atoms with Gasteiger partial charge in [-0.2, -0.15) is 0 Å². The Morgan fingerprint density at radius 3 is 2.87 bits per heavy atom. The summed E-state index contributed by atoms with van der Waals surface area (Å²) in [5.74, 6) is 1.13. The molecule has 1 atom stereocenters. The molecule has 7 heteroatoms. The predicted octanol–water partition coefficient (Wildman–Crippen LogP) is 2.70. The largest absolute Gasteiger partial charge is 0.356 e. The van der Waals surface area contributed by atoms with Crippen LogP contribution in [-0.4, -0.2) is 64.4 Å². The second kappa shape index (κ2) is 8.60. The van der Waals surface area contributed by atoms with Crippen molar-refractivity contribution >= 4 is 28.4 Å². The number of hydrogen-bond donors (Lipinski definition) is 1. The van der Waals surface area contributed by atoms with Gasteiger partial charge in [-0.05, 0) is 76.0 Å². The highest BCUT2D eigenvalue weighted by Gasteiger charge is 2.28. The average Bonchev–Trinajstić information content (AvgIpc) is 3.48. The summed E-state index contributed by atoms with van der Waals surface area (Å²) in [6.45, 7) is 5.93. The molecule has 30 heavy (non-hydrogen) atoms. The number of amides is 1. The van der Waals surface area contributed by atoms with Crippen LogP contribution in [0.25, 0.3) is 16.7 Å². The van der Waals surface area contributed by atoms with Crippen molar-refractivity contribution in [1.29, 1.82) is 0 Å². The summed E-state index contributed by atoms with van der Waals surface area (Å²) in [6.07, 6.45) is 9.44. The number of nitrogens with one attached hydrogen (secondary N) is 1. The Morgan fingerprint density at radius 1 is 1.10 bits per heavy atom. The monoisotopic (exact) mass is 406 g/mol. The summed E-state index contributed by atoms with van der Waals surface area (Å²) in [5, 5.41) is 3.18. The fraction of sp³-hybridized carbons (Fsp3) is 0.522. The molecule has 2 fully saturated rings. The van der Waals surface area contributed by atoms with Crippen LogP contribution >= 0.6 is 0 Å². The van der Waals surface area contributed by atoms with Gasteiger partial charge < -0.3 is 19.5 Å². The van der Waals surface area contributed by atoms with Crippen molar-refractivity contribution < 1.29 is 4.79 Å². The van der Waals surface area contributed by atoms with Gasteiger partial charge in [-0.15, -0.1) is 0 Å². The zero-order valence-corrected chi connectivity index (χ0v) is 17.5. The van der Waals surface area contributed by atoms with Crippen LogP contribution in [0.2, 0.25) is 0 Å². The van der Waals surface area contributed by atoms with Crippen molar-refractivity contribution in [2.75, 3.05) is 44.2 Å². The van der Waals surface area contributed by atoms with Crippen molar-refractivity contribution in [1.82, 2.24) is 24.6 Å². The van der Waals surface area contributed by atoms with Crippen molar-refractivity contribution in [3.63, 3.8) is 0 Å². The van der Waals surface area contributed by atoms with Gasteiger partial charge in [0.1, 0.15) is 0 Å². The number of anilines is 1. The standard InChI is InChI=1S/C23H30N6O/c30-23(25-11-6-14-27-12-1-2-13-27)18-7-4-15-28(17-18)22-20-9-5-16-29(20)19-8-3-10-24-21(19)26-22/h3,5,8-10,16,18H,1-2,4,6-7,11-15,17H2,(H,25,30). The third-order valence-corrected chi connectivity index (χ3v) is 6.46. The number of carbonyl (C=O) groups is 1. The van der Waals surface area contributed by atoms with Crippen molar-refractivity contribution in [2.45, 2.75) is 32.1 Å². The van der Waals surface area contributed by atoms with E-state index in [1.807, 2.05) is 18.2 Å². The average molecular weight is 407 g/mol. The van der Waals surface area contributed by atoms with Crippen LogP contribution in [0.5, 0.6) is 0 Å². The Bertz CT molecular complexity index is 1020. The highest BCUT2D eigenvalue weighted by atomic mass is 16.1. The zero-order chi connectivity index (χ0) is 20.3. The summed E-state index contributed by atoms with van der Waals surface area (Å²) in [7, 11) is 0. The van der Waals surface area contributed by atoms with Crippen LogP contribution in [-0.2, 0) is 4.79 Å². The van der Waals surface area contributed by atoms with E-state index in [4.69, 9.17) is 4.98 Å². The minimum Gasteiger partial charge on any atom is -0.356 e. The molecule has 3 aromatic rings. The van der Waals surface area contributed by atoms with Gasteiger partial charge in [-0.3, -0.25) is 4.79 Å². The first-order valence-corrected chi connectivity index (χ1v) is 11.3. The normalized spacial score (nSPS) is 20.3. The molecule has 0 radical (unpaired) electrons. The van der Waals surface area contributed by atoms with E-state index in [-0.39, 0.29) is 11.8 Å². The van der Waals surface area contributed by atoms with Crippen LogP contribution in [0.4, 0.5) is 5.82 Å². The van der Waals surface area contributed by atoms with Crippen molar-refractivity contribution in [2.24, 2.45) is 5.92 Å². The SMILES string of the molecule is O=C(NCCCN1CCCC1)C1CCCN(c2nc3ncccc3n3cccc23)C1. The molecule has 1 unspecified atom stereocenters. The summed E-state index contributed by atoms with van der Waals surface area (Å²) in [4.78, 5) is 26.9. The smallest absolute Gasteiger partial charge is 0.224 e. The molecule has 3 aromatic heterocycles. The van der Waals surface area contributed by atoms with E-state index >= 15 is 0 Å². The molecule has 0 aromatic carbocycles. The Hall–Kier alpha value is -2.67. The third-order valence-electron chi connectivity index (χ3n) is 6.46. The molecule has 0 spiro atoms. The van der Waals surface area contributed by atoms with E-state index in [2.05, 4.69) is 36.8 Å². The van der Waals surface area contributed by atoms with Gasteiger partial charge in [0, 0.05) is 32.0 Å². The number of nitrogens with zero attached hydrogens (tertiary/aromatic N) is 5. The minimum atomic E-state index is 0.0155. The maximum absolute atomic E-state index is 12.8. The number of pyridine rings is 1. The van der Waals surface area contributed by atoms with Crippen LogP contribution in [0, 0.1) is 5.92 Å². The first-order chi connectivity index (χ1) is 14.8. The van der Waals surface area contributed by atoms with Crippen LogP contribution in [0.1, 0.15) is 32.1 Å². The summed E-state index contributed by atoms with van der Waals surface area (Å²) < 4.78 is 2.15. The Kier molecular flexibility index (Phi) is 5.53. The lowest BCUT2D eigenvalue weighted by Gasteiger charge is -2.33. The number of carbonyl (C=O) groups excluding carboxylic acids is 1. The van der Waals surface area contributed by atoms with Gasteiger partial charge in [0.25, 0.3) is 0 Å². The fourth-order valence-corrected chi connectivity index (χ4v) is 4.87. The lowest BCUT2D eigenvalue weighted by molar-refractivity contribution is -0.125. The fourth-order valence-electron chi connectivity index (χ4n) is 4.87. The molecule has 2 aliphatic rings. The van der Waals surface area contributed by atoms with Gasteiger partial charge in [-0.25, -0.2) is 9.97 Å². The highest BCUT2D eigenvalue weighted by molar-refractivity contribution is 5.84. The molecule has 7 nitrogen and oxygen atoms in total. The first-order valence-electron chi connectivity index (χ1n) is 11.3. The summed E-state index contributed by atoms with van der Waals surface area (Å²) in [5.41, 5.74) is 2.82. The molecule has 0 bridgehead atoms. The van der Waals surface area contributed by atoms with E-state index in [9.17, 15) is 4.79 Å². The lowest BCUT2D eigenvalue weighted by Crippen LogP contribution is -2.44. The number of hydrogen-bond acceptors (Lipinski definition) is 5. The van der Waals surface area contributed by atoms with E-state index in [0.29, 0.717) is 6.54 Å². The van der Waals surface area contributed by atoms with Gasteiger partial charge in [0.05, 0.1) is 17.0 Å². The maximum Gasteiger partial charge on any atom is 0.224 e. The minimum absolute atomic E-state index is 0.0155. The molecule has 158 valence electrons. The summed E-state index contributed by atoms with van der Waals surface area (Å²) in [6, 6.07) is 8.12. The van der Waals surface area contributed by atoms with Crippen LogP contribution in [0.3, 0.4) is 0 Å². The third kappa shape index (κ3) is 3.86. The van der Waals surface area contributed by atoms with Crippen LogP contribution < -0.4 is 10.2 Å². The lowest BCUT2D eigenvalue weighted by atomic mass is 9.97. The molecular formula is C23H30N6O. The van der Waals surface area contributed by atoms with Gasteiger partial charge in [-0.1, -0.05) is 0 Å². The molecular weight excluding hydrogens is 376 g/mol. The Morgan fingerprint density at radius 2 is 1.97 bits per heavy atom. The second-order valence-electron chi connectivity index (χ2n) is 8.52. The number of piperidine rings is 1. The molecule has 1 amide bonds. The Balaban J connectivity index is 1.26. The van der Waals surface area contributed by atoms with Crippen molar-refractivity contribution in [3.05, 3.63) is 36.7 Å². The van der Waals surface area contributed by atoms with E-state index < -0.39 is 0 Å². The highest BCUT2D eigenvalue weighted by Crippen LogP contribution is 2.28. The maximum atomic E-state index is 12.8. The first kappa shape index (κ1) is 19.3. The van der Waals surface area contributed by atoms with E-state index in [1.165, 1.54) is 25.9 Å². The van der Waals surface area contributed by atoms with E-state index in [0.717, 1.165) is 61.4 Å². The molecule has 2 saturated heterocycles. The van der Waals surface area contributed by atoms with Gasteiger partial charge in [0.2, 0.25) is 5.91 Å². The molecule has 0 aliphatic carbocycles. The zero-order valence-electron chi connectivity index (χ0n) is 17.5. The number of fused-ring (bicyclic) bond motifs is 3. The number of likely N-dealkylation sites (tertiary alicyclic amines) is 1. The van der Waals surface area contributed by atoms with Gasteiger partial charge in [0.15, 0.2) is 11.5 Å². The number of aromatic nitrogens is 3. The molecule has 1 N–H and O–H groups in total. The van der Waals surface area contributed by atoms with Gasteiger partial charge >= 0.3 is 0 Å². The van der Waals surface area contributed by atoms with Crippen molar-refractivity contribution in [3.8, 4) is 0 Å². The predicted molar refractivity (Wildman–Crippen MR) is 119 cm³/mol. The Labute approximate surface area is 177 Å². The number of rotatable bonds is 6. The molecule has 0 saturated carbocycles. The second-order valence-corrected chi connectivity index (χ2v) is 8.52. The summed E-state index contributed by atoms with van der Waals surface area (Å²) >= 11 is 0. The molecule has 5 heterocycles.